The zero-order chi connectivity index (χ0) is 25.3. The smallest absolute Gasteiger partial charge is 0.309 e. The van der Waals surface area contributed by atoms with Crippen molar-refractivity contribution in [3.8, 4) is 0 Å². The highest BCUT2D eigenvalue weighted by Gasteiger charge is 2.33. The van der Waals surface area contributed by atoms with Crippen LogP contribution in [0.5, 0.6) is 0 Å². The minimum absolute atomic E-state index is 0.0161. The van der Waals surface area contributed by atoms with E-state index in [1.54, 1.807) is 5.57 Å². The number of hydrogen-bond acceptors (Lipinski definition) is 4. The van der Waals surface area contributed by atoms with Gasteiger partial charge in [-0.3, -0.25) is 4.79 Å². The van der Waals surface area contributed by atoms with E-state index in [0.29, 0.717) is 24.6 Å². The van der Waals surface area contributed by atoms with Crippen LogP contribution in [0.2, 0.25) is 0 Å². The summed E-state index contributed by atoms with van der Waals surface area (Å²) in [6, 6.07) is 11.0. The lowest BCUT2D eigenvalue weighted by atomic mass is 9.78. The zero-order valence-electron chi connectivity index (χ0n) is 22.8. The summed E-state index contributed by atoms with van der Waals surface area (Å²) >= 11 is 0. The molecule has 37 heavy (non-hydrogen) atoms. The average Bonchev–Trinajstić information content (AvgIpc) is 3.08. The van der Waals surface area contributed by atoms with E-state index in [0.717, 1.165) is 43.7 Å². The third kappa shape index (κ3) is 7.50. The molecule has 4 aliphatic rings. The highest BCUT2D eigenvalue weighted by molar-refractivity contribution is 5.72. The number of carbonyl (C=O) groups excluding carboxylic acids is 1. The van der Waals surface area contributed by atoms with Crippen molar-refractivity contribution in [1.29, 1.82) is 0 Å². The van der Waals surface area contributed by atoms with Gasteiger partial charge >= 0.3 is 5.97 Å². The lowest BCUT2D eigenvalue weighted by molar-refractivity contribution is -0.151. The summed E-state index contributed by atoms with van der Waals surface area (Å²) in [6.45, 7) is 1.52. The molecule has 5 rings (SSSR count). The Morgan fingerprint density at radius 1 is 0.838 bits per heavy atom. The van der Waals surface area contributed by atoms with Crippen LogP contribution in [0.1, 0.15) is 102 Å². The summed E-state index contributed by atoms with van der Waals surface area (Å²) in [7, 11) is 0. The van der Waals surface area contributed by atoms with E-state index < -0.39 is 0 Å². The van der Waals surface area contributed by atoms with Gasteiger partial charge in [0.1, 0.15) is 6.61 Å². The summed E-state index contributed by atoms with van der Waals surface area (Å²) < 4.78 is 5.66. The quantitative estimate of drug-likeness (QED) is 0.402. The van der Waals surface area contributed by atoms with E-state index in [1.165, 1.54) is 76.3 Å². The van der Waals surface area contributed by atoms with E-state index >= 15 is 0 Å². The Hall–Kier alpha value is -2.07. The molecule has 2 atom stereocenters. The number of carbonyl (C=O) groups is 1. The molecule has 2 N–H and O–H groups in total. The van der Waals surface area contributed by atoms with Crippen LogP contribution in [-0.2, 0) is 16.1 Å². The van der Waals surface area contributed by atoms with E-state index in [9.17, 15) is 4.79 Å². The van der Waals surface area contributed by atoms with Gasteiger partial charge in [-0.05, 0) is 81.0 Å². The Balaban J connectivity index is 1.19. The second-order valence-electron chi connectivity index (χ2n) is 12.0. The average molecular weight is 505 g/mol. The molecule has 1 heterocycles. The van der Waals surface area contributed by atoms with Crippen molar-refractivity contribution in [3.63, 3.8) is 0 Å². The maximum Gasteiger partial charge on any atom is 0.309 e. The molecule has 2 saturated carbocycles. The first kappa shape index (κ1) is 26.5. The number of nitrogens with one attached hydrogen (secondary N) is 2. The number of hydrogen-bond donors (Lipinski definition) is 2. The second-order valence-corrected chi connectivity index (χ2v) is 12.0. The molecule has 1 aromatic carbocycles. The number of allylic oxidation sites excluding steroid dienone is 2. The molecule has 1 aliphatic heterocycles. The van der Waals surface area contributed by atoms with Crippen LogP contribution in [0.15, 0.2) is 53.8 Å². The standard InChI is InChI=1S/C33H48N2O2/c36-33(37-24-25-12-6-5-7-13-25)27-17-19-29(20-18-27)35-32-23-28(22-31-30(32)16-10-11-21-34-31)26-14-8-3-1-2-4-9-15-26/h5-7,12-13,22-23,26-27,29-31,34-35H,1-4,8-11,14-21,24H2. The largest absolute Gasteiger partial charge is 0.461 e. The fourth-order valence-corrected chi connectivity index (χ4v) is 7.07. The van der Waals surface area contributed by atoms with Gasteiger partial charge in [0.15, 0.2) is 0 Å². The molecule has 0 radical (unpaired) electrons. The Kier molecular flexibility index (Phi) is 9.78. The first-order valence-corrected chi connectivity index (χ1v) is 15.4. The maximum absolute atomic E-state index is 12.7. The predicted octanol–water partition coefficient (Wildman–Crippen LogP) is 7.21. The third-order valence-electron chi connectivity index (χ3n) is 9.33. The molecule has 1 aromatic rings. The second kappa shape index (κ2) is 13.6. The Labute approximate surface area is 224 Å². The van der Waals surface area contributed by atoms with Crippen molar-refractivity contribution in [2.45, 2.75) is 115 Å². The number of fused-ring (bicyclic) bond motifs is 1. The molecule has 3 aliphatic carbocycles. The zero-order valence-corrected chi connectivity index (χ0v) is 22.8. The predicted molar refractivity (Wildman–Crippen MR) is 151 cm³/mol. The Morgan fingerprint density at radius 3 is 2.30 bits per heavy atom. The van der Waals surface area contributed by atoms with Gasteiger partial charge in [-0.25, -0.2) is 0 Å². The SMILES string of the molecule is O=C(OCc1ccccc1)C1CCC(NC2=CC(C3CCCCCCCC3)=CC3NCCCCC23)CC1. The molecule has 4 heteroatoms. The highest BCUT2D eigenvalue weighted by atomic mass is 16.5. The molecular weight excluding hydrogens is 456 g/mol. The van der Waals surface area contributed by atoms with Crippen LogP contribution in [-0.4, -0.2) is 24.6 Å². The van der Waals surface area contributed by atoms with E-state index in [1.807, 2.05) is 30.3 Å². The first-order chi connectivity index (χ1) is 18.3. The summed E-state index contributed by atoms with van der Waals surface area (Å²) in [6.07, 6.45) is 24.1. The minimum atomic E-state index is -0.0161. The molecule has 0 bridgehead atoms. The van der Waals surface area contributed by atoms with E-state index in [-0.39, 0.29) is 11.9 Å². The third-order valence-corrected chi connectivity index (χ3v) is 9.33. The topological polar surface area (TPSA) is 50.4 Å². The highest BCUT2D eigenvalue weighted by Crippen LogP contribution is 2.37. The first-order valence-electron chi connectivity index (χ1n) is 15.4. The lowest BCUT2D eigenvalue weighted by Crippen LogP contribution is -2.43. The minimum Gasteiger partial charge on any atom is -0.461 e. The molecule has 0 spiro atoms. The Morgan fingerprint density at radius 2 is 1.54 bits per heavy atom. The fraction of sp³-hybridized carbons (Fsp3) is 0.667. The monoisotopic (exact) mass is 504 g/mol. The summed E-state index contributed by atoms with van der Waals surface area (Å²) in [5.74, 6) is 1.31. The van der Waals surface area contributed by atoms with Crippen molar-refractivity contribution in [3.05, 3.63) is 59.3 Å². The van der Waals surface area contributed by atoms with Gasteiger partial charge in [-0.1, -0.05) is 81.4 Å². The van der Waals surface area contributed by atoms with Crippen LogP contribution in [0, 0.1) is 17.8 Å². The van der Waals surface area contributed by atoms with Crippen LogP contribution in [0.4, 0.5) is 0 Å². The molecule has 1 saturated heterocycles. The van der Waals surface area contributed by atoms with Gasteiger partial charge in [0, 0.05) is 23.7 Å². The van der Waals surface area contributed by atoms with Crippen LogP contribution < -0.4 is 10.6 Å². The summed E-state index contributed by atoms with van der Waals surface area (Å²) in [4.78, 5) is 12.7. The maximum atomic E-state index is 12.7. The lowest BCUT2D eigenvalue weighted by Gasteiger charge is -2.37. The molecule has 202 valence electrons. The van der Waals surface area contributed by atoms with Crippen molar-refractivity contribution < 1.29 is 9.53 Å². The normalized spacial score (nSPS) is 29.8. The van der Waals surface area contributed by atoms with Crippen molar-refractivity contribution in [2.75, 3.05) is 6.54 Å². The van der Waals surface area contributed by atoms with Crippen molar-refractivity contribution in [2.24, 2.45) is 17.8 Å². The number of esters is 1. The van der Waals surface area contributed by atoms with Crippen LogP contribution in [0.25, 0.3) is 0 Å². The molecule has 0 aromatic heterocycles. The van der Waals surface area contributed by atoms with E-state index in [2.05, 4.69) is 22.8 Å². The molecule has 2 unspecified atom stereocenters. The number of rotatable bonds is 6. The summed E-state index contributed by atoms with van der Waals surface area (Å²) in [5.41, 5.74) is 4.14. The molecular formula is C33H48N2O2. The van der Waals surface area contributed by atoms with Gasteiger partial charge < -0.3 is 15.4 Å². The van der Waals surface area contributed by atoms with Crippen molar-refractivity contribution >= 4 is 5.97 Å². The van der Waals surface area contributed by atoms with Gasteiger partial charge in [0.2, 0.25) is 0 Å². The van der Waals surface area contributed by atoms with Crippen molar-refractivity contribution in [1.82, 2.24) is 10.6 Å². The van der Waals surface area contributed by atoms with Gasteiger partial charge in [-0.2, -0.15) is 0 Å². The number of benzene rings is 1. The van der Waals surface area contributed by atoms with E-state index in [4.69, 9.17) is 4.74 Å². The Bertz CT molecular complexity index is 906. The summed E-state index contributed by atoms with van der Waals surface area (Å²) in [5, 5.41) is 7.93. The molecule has 4 nitrogen and oxygen atoms in total. The van der Waals surface area contributed by atoms with Gasteiger partial charge in [0.05, 0.1) is 5.92 Å². The molecule has 0 amide bonds. The van der Waals surface area contributed by atoms with Gasteiger partial charge in [0.25, 0.3) is 0 Å². The fourth-order valence-electron chi connectivity index (χ4n) is 7.07. The van der Waals surface area contributed by atoms with Gasteiger partial charge in [-0.15, -0.1) is 0 Å². The number of ether oxygens (including phenoxy) is 1. The van der Waals surface area contributed by atoms with Crippen LogP contribution >= 0.6 is 0 Å². The van der Waals surface area contributed by atoms with Crippen LogP contribution in [0.3, 0.4) is 0 Å². The molecule has 3 fully saturated rings.